The van der Waals surface area contributed by atoms with Crippen molar-refractivity contribution in [3.63, 3.8) is 0 Å². The summed E-state index contributed by atoms with van der Waals surface area (Å²) in [6.45, 7) is 2.81. The van der Waals surface area contributed by atoms with E-state index >= 15 is 0 Å². The summed E-state index contributed by atoms with van der Waals surface area (Å²) in [4.78, 5) is 14.5. The Labute approximate surface area is 131 Å². The van der Waals surface area contributed by atoms with Crippen LogP contribution in [0, 0.1) is 5.92 Å². The summed E-state index contributed by atoms with van der Waals surface area (Å²) in [5.74, 6) is 0.863. The molecule has 0 spiro atoms. The first-order chi connectivity index (χ1) is 10.1. The van der Waals surface area contributed by atoms with Gasteiger partial charge in [0.2, 0.25) is 5.91 Å². The first-order valence-corrected chi connectivity index (χ1v) is 8.35. The molecule has 1 N–H and O–H groups in total. The van der Waals surface area contributed by atoms with Gasteiger partial charge < -0.3 is 4.90 Å². The van der Waals surface area contributed by atoms with Crippen LogP contribution >= 0.6 is 11.6 Å². The van der Waals surface area contributed by atoms with E-state index in [-0.39, 0.29) is 18.1 Å². The van der Waals surface area contributed by atoms with Crippen LogP contribution in [0.15, 0.2) is 24.3 Å². The zero-order valence-electron chi connectivity index (χ0n) is 12.5. The predicted molar refractivity (Wildman–Crippen MR) is 85.1 cm³/mol. The lowest BCUT2D eigenvalue weighted by molar-refractivity contribution is -0.130. The Balaban J connectivity index is 1.78. The topological polar surface area (TPSA) is 32.3 Å². The maximum absolute atomic E-state index is 12.5. The Hall–Kier alpha value is -1.06. The highest BCUT2D eigenvalue weighted by Gasteiger charge is 2.38. The molecule has 0 bridgehead atoms. The molecule has 1 aliphatic carbocycles. The van der Waals surface area contributed by atoms with Crippen molar-refractivity contribution in [2.24, 2.45) is 5.92 Å². The van der Waals surface area contributed by atoms with E-state index in [1.54, 1.807) is 0 Å². The Morgan fingerprint density at radius 3 is 2.76 bits per heavy atom. The summed E-state index contributed by atoms with van der Waals surface area (Å²) in [5, 5.41) is 4.13. The van der Waals surface area contributed by atoms with Crippen LogP contribution in [0.3, 0.4) is 0 Å². The largest absolute Gasteiger partial charge is 0.321 e. The minimum atomic E-state index is -0.113. The minimum Gasteiger partial charge on any atom is -0.321 e. The quantitative estimate of drug-likeness (QED) is 0.922. The van der Waals surface area contributed by atoms with Gasteiger partial charge in [-0.3, -0.25) is 10.1 Å². The van der Waals surface area contributed by atoms with Gasteiger partial charge in [-0.05, 0) is 43.4 Å². The maximum atomic E-state index is 12.5. The van der Waals surface area contributed by atoms with E-state index in [2.05, 4.69) is 5.32 Å². The number of benzene rings is 1. The first kappa shape index (κ1) is 14.9. The monoisotopic (exact) mass is 306 g/mol. The molecule has 0 radical (unpaired) electrons. The van der Waals surface area contributed by atoms with Crippen molar-refractivity contribution in [2.45, 2.75) is 51.2 Å². The SMILES string of the molecule is CC1NC(c2cccc(Cl)c2)N(CC2CCCCC2)C1=O. The molecule has 2 unspecified atom stereocenters. The normalized spacial score (nSPS) is 27.3. The lowest BCUT2D eigenvalue weighted by Crippen LogP contribution is -2.35. The van der Waals surface area contributed by atoms with Crippen LogP contribution in [0.25, 0.3) is 0 Å². The predicted octanol–water partition coefficient (Wildman–Crippen LogP) is 3.74. The third-order valence-electron chi connectivity index (χ3n) is 4.72. The van der Waals surface area contributed by atoms with Crippen molar-refractivity contribution in [2.75, 3.05) is 6.54 Å². The van der Waals surface area contributed by atoms with Gasteiger partial charge in [0, 0.05) is 11.6 Å². The van der Waals surface area contributed by atoms with Crippen molar-refractivity contribution in [1.29, 1.82) is 0 Å². The highest BCUT2D eigenvalue weighted by Crippen LogP contribution is 2.31. The van der Waals surface area contributed by atoms with Crippen LogP contribution in [0.1, 0.15) is 50.8 Å². The van der Waals surface area contributed by atoms with E-state index in [0.717, 1.165) is 17.1 Å². The number of rotatable bonds is 3. The van der Waals surface area contributed by atoms with Crippen molar-refractivity contribution in [1.82, 2.24) is 10.2 Å². The molecule has 4 heteroatoms. The summed E-state index contributed by atoms with van der Waals surface area (Å²) in [6, 6.07) is 7.71. The number of amides is 1. The lowest BCUT2D eigenvalue weighted by atomic mass is 9.88. The molecule has 1 amide bonds. The van der Waals surface area contributed by atoms with Crippen molar-refractivity contribution < 1.29 is 4.79 Å². The van der Waals surface area contributed by atoms with Gasteiger partial charge in [0.15, 0.2) is 0 Å². The number of hydrogen-bond donors (Lipinski definition) is 1. The second kappa shape index (κ2) is 6.37. The molecule has 1 aliphatic heterocycles. The van der Waals surface area contributed by atoms with Crippen molar-refractivity contribution in [3.05, 3.63) is 34.9 Å². The van der Waals surface area contributed by atoms with Gasteiger partial charge >= 0.3 is 0 Å². The van der Waals surface area contributed by atoms with E-state index in [0.29, 0.717) is 5.92 Å². The number of carbonyl (C=O) groups excluding carboxylic acids is 1. The molecule has 2 fully saturated rings. The average molecular weight is 307 g/mol. The van der Waals surface area contributed by atoms with Crippen LogP contribution in [0.4, 0.5) is 0 Å². The molecule has 1 saturated heterocycles. The number of nitrogens with zero attached hydrogens (tertiary/aromatic N) is 1. The van der Waals surface area contributed by atoms with Crippen LogP contribution in [-0.4, -0.2) is 23.4 Å². The third kappa shape index (κ3) is 3.24. The van der Waals surface area contributed by atoms with E-state index in [9.17, 15) is 4.79 Å². The molecule has 114 valence electrons. The summed E-state index contributed by atoms with van der Waals surface area (Å²) in [5.41, 5.74) is 1.08. The van der Waals surface area contributed by atoms with Crippen LogP contribution in [0.5, 0.6) is 0 Å². The molecule has 2 atom stereocenters. The van der Waals surface area contributed by atoms with E-state index in [1.165, 1.54) is 32.1 Å². The lowest BCUT2D eigenvalue weighted by Gasteiger charge is -2.31. The molecule has 1 aromatic carbocycles. The molecule has 1 saturated carbocycles. The van der Waals surface area contributed by atoms with Crippen LogP contribution < -0.4 is 5.32 Å². The number of nitrogens with one attached hydrogen (secondary N) is 1. The summed E-state index contributed by atoms with van der Waals surface area (Å²) in [7, 11) is 0. The van der Waals surface area contributed by atoms with Gasteiger partial charge in [0.1, 0.15) is 6.17 Å². The highest BCUT2D eigenvalue weighted by molar-refractivity contribution is 6.30. The van der Waals surface area contributed by atoms with Crippen LogP contribution in [0.2, 0.25) is 5.02 Å². The third-order valence-corrected chi connectivity index (χ3v) is 4.95. The summed E-state index contributed by atoms with van der Waals surface area (Å²) < 4.78 is 0. The zero-order chi connectivity index (χ0) is 14.8. The number of carbonyl (C=O) groups is 1. The Kier molecular flexibility index (Phi) is 4.51. The van der Waals surface area contributed by atoms with E-state index < -0.39 is 0 Å². The molecule has 1 aromatic rings. The number of hydrogen-bond acceptors (Lipinski definition) is 2. The van der Waals surface area contributed by atoms with Gasteiger partial charge in [-0.1, -0.05) is 43.0 Å². The first-order valence-electron chi connectivity index (χ1n) is 7.97. The highest BCUT2D eigenvalue weighted by atomic mass is 35.5. The molecular formula is C17H23ClN2O. The van der Waals surface area contributed by atoms with Crippen LogP contribution in [-0.2, 0) is 4.79 Å². The van der Waals surface area contributed by atoms with Gasteiger partial charge in [-0.15, -0.1) is 0 Å². The Morgan fingerprint density at radius 2 is 2.05 bits per heavy atom. The van der Waals surface area contributed by atoms with Gasteiger partial charge in [-0.25, -0.2) is 0 Å². The Bertz CT molecular complexity index is 513. The standard InChI is InChI=1S/C17H23ClN2O/c1-12-17(21)20(11-13-6-3-2-4-7-13)16(19-12)14-8-5-9-15(18)10-14/h5,8-10,12-13,16,19H,2-4,6-7,11H2,1H3. The minimum absolute atomic E-state index is 0.0341. The van der Waals surface area contributed by atoms with Crippen molar-refractivity contribution >= 4 is 17.5 Å². The fraction of sp³-hybridized carbons (Fsp3) is 0.588. The zero-order valence-corrected chi connectivity index (χ0v) is 13.3. The summed E-state index contributed by atoms with van der Waals surface area (Å²) in [6.07, 6.45) is 6.42. The maximum Gasteiger partial charge on any atom is 0.241 e. The second-order valence-electron chi connectivity index (χ2n) is 6.34. The van der Waals surface area contributed by atoms with Gasteiger partial charge in [-0.2, -0.15) is 0 Å². The second-order valence-corrected chi connectivity index (χ2v) is 6.78. The fourth-order valence-electron chi connectivity index (χ4n) is 3.57. The van der Waals surface area contributed by atoms with Gasteiger partial charge in [0.25, 0.3) is 0 Å². The molecule has 3 nitrogen and oxygen atoms in total. The molecule has 0 aromatic heterocycles. The summed E-state index contributed by atoms with van der Waals surface area (Å²) >= 11 is 6.10. The average Bonchev–Trinajstić information content (AvgIpc) is 2.77. The molecule has 2 aliphatic rings. The fourth-order valence-corrected chi connectivity index (χ4v) is 3.77. The van der Waals surface area contributed by atoms with Gasteiger partial charge in [0.05, 0.1) is 6.04 Å². The van der Waals surface area contributed by atoms with E-state index in [1.807, 2.05) is 36.1 Å². The smallest absolute Gasteiger partial charge is 0.241 e. The molecule has 3 rings (SSSR count). The molecule has 1 heterocycles. The number of halogens is 1. The Morgan fingerprint density at radius 1 is 1.29 bits per heavy atom. The van der Waals surface area contributed by atoms with Crippen molar-refractivity contribution in [3.8, 4) is 0 Å². The molecular weight excluding hydrogens is 284 g/mol. The van der Waals surface area contributed by atoms with E-state index in [4.69, 9.17) is 11.6 Å². The molecule has 21 heavy (non-hydrogen) atoms.